The third-order valence-corrected chi connectivity index (χ3v) is 3.72. The molecule has 23 heavy (non-hydrogen) atoms. The summed E-state index contributed by atoms with van der Waals surface area (Å²) in [6.07, 6.45) is 1.57. The maximum absolute atomic E-state index is 12.2. The first kappa shape index (κ1) is 15.2. The van der Waals surface area contributed by atoms with Crippen LogP contribution in [0, 0.1) is 6.92 Å². The number of hydrogen-bond donors (Lipinski definition) is 2. The van der Waals surface area contributed by atoms with Crippen LogP contribution < -0.4 is 10.6 Å². The minimum atomic E-state index is -0.282. The molecule has 1 aromatic carbocycles. The molecule has 0 saturated carbocycles. The van der Waals surface area contributed by atoms with Crippen molar-refractivity contribution in [2.75, 3.05) is 10.6 Å². The molecule has 0 radical (unpaired) electrons. The Kier molecular flexibility index (Phi) is 4.38. The van der Waals surface area contributed by atoms with Crippen LogP contribution in [0.25, 0.3) is 0 Å². The van der Waals surface area contributed by atoms with Crippen molar-refractivity contribution in [3.63, 3.8) is 0 Å². The highest BCUT2D eigenvalue weighted by molar-refractivity contribution is 9.10. The van der Waals surface area contributed by atoms with E-state index in [1.54, 1.807) is 31.3 Å². The van der Waals surface area contributed by atoms with Gasteiger partial charge in [0, 0.05) is 22.3 Å². The van der Waals surface area contributed by atoms with Gasteiger partial charge in [-0.2, -0.15) is 0 Å². The van der Waals surface area contributed by atoms with Crippen molar-refractivity contribution in [2.45, 2.75) is 6.92 Å². The van der Waals surface area contributed by atoms with Gasteiger partial charge < -0.3 is 15.2 Å². The molecule has 1 amide bonds. The number of hydrogen-bond acceptors (Lipinski definition) is 5. The molecule has 2 N–H and O–H groups in total. The SMILES string of the molecule is Cc1cc(NC(=O)c2ccnc(Nc3ccccc3Br)c2)no1. The number of amides is 1. The summed E-state index contributed by atoms with van der Waals surface area (Å²) in [7, 11) is 0. The average molecular weight is 373 g/mol. The number of rotatable bonds is 4. The number of anilines is 3. The highest BCUT2D eigenvalue weighted by Crippen LogP contribution is 2.24. The minimum absolute atomic E-state index is 0.282. The molecule has 0 fully saturated rings. The molecule has 6 nitrogen and oxygen atoms in total. The Balaban J connectivity index is 1.77. The Morgan fingerprint density at radius 2 is 2.00 bits per heavy atom. The zero-order valence-electron chi connectivity index (χ0n) is 12.2. The van der Waals surface area contributed by atoms with E-state index in [0.717, 1.165) is 10.2 Å². The summed E-state index contributed by atoms with van der Waals surface area (Å²) >= 11 is 3.46. The lowest BCUT2D eigenvalue weighted by Crippen LogP contribution is -2.12. The molecule has 116 valence electrons. The first-order chi connectivity index (χ1) is 11.1. The van der Waals surface area contributed by atoms with Crippen molar-refractivity contribution < 1.29 is 9.32 Å². The van der Waals surface area contributed by atoms with E-state index in [9.17, 15) is 4.79 Å². The Morgan fingerprint density at radius 3 is 2.74 bits per heavy atom. The summed E-state index contributed by atoms with van der Waals surface area (Å²) in [6, 6.07) is 12.6. The molecule has 0 saturated heterocycles. The first-order valence-electron chi connectivity index (χ1n) is 6.84. The molecule has 0 spiro atoms. The zero-order chi connectivity index (χ0) is 16.2. The third-order valence-electron chi connectivity index (χ3n) is 3.03. The fraction of sp³-hybridized carbons (Fsp3) is 0.0625. The van der Waals surface area contributed by atoms with Gasteiger partial charge in [-0.3, -0.25) is 4.79 Å². The van der Waals surface area contributed by atoms with Crippen LogP contribution in [0.2, 0.25) is 0 Å². The molecule has 0 atom stereocenters. The molecular formula is C16H13BrN4O2. The second-order valence-electron chi connectivity index (χ2n) is 4.81. The van der Waals surface area contributed by atoms with Crippen molar-refractivity contribution in [3.05, 3.63) is 64.5 Å². The highest BCUT2D eigenvalue weighted by Gasteiger charge is 2.10. The van der Waals surface area contributed by atoms with Crippen molar-refractivity contribution >= 4 is 39.2 Å². The third kappa shape index (κ3) is 3.75. The number of aromatic nitrogens is 2. The van der Waals surface area contributed by atoms with E-state index in [0.29, 0.717) is 23.0 Å². The maximum atomic E-state index is 12.2. The van der Waals surface area contributed by atoms with E-state index in [2.05, 4.69) is 36.7 Å². The summed E-state index contributed by atoms with van der Waals surface area (Å²) in [5.41, 5.74) is 1.33. The molecule has 3 aromatic rings. The van der Waals surface area contributed by atoms with Gasteiger partial charge in [0.15, 0.2) is 5.82 Å². The van der Waals surface area contributed by atoms with Gasteiger partial charge >= 0.3 is 0 Å². The lowest BCUT2D eigenvalue weighted by atomic mass is 10.2. The summed E-state index contributed by atoms with van der Waals surface area (Å²) < 4.78 is 5.83. The van der Waals surface area contributed by atoms with Crippen LogP contribution in [0.1, 0.15) is 16.1 Å². The number of halogens is 1. The smallest absolute Gasteiger partial charge is 0.257 e. The Morgan fingerprint density at radius 1 is 1.17 bits per heavy atom. The van der Waals surface area contributed by atoms with Gasteiger partial charge in [0.2, 0.25) is 0 Å². The normalized spacial score (nSPS) is 10.3. The van der Waals surface area contributed by atoms with Crippen LogP contribution in [0.15, 0.2) is 57.7 Å². The topological polar surface area (TPSA) is 80.0 Å². The molecule has 7 heteroatoms. The predicted octanol–water partition coefficient (Wildman–Crippen LogP) is 4.14. The van der Waals surface area contributed by atoms with Crippen LogP contribution in [-0.2, 0) is 0 Å². The number of benzene rings is 1. The minimum Gasteiger partial charge on any atom is -0.360 e. The molecule has 0 unspecified atom stereocenters. The second-order valence-corrected chi connectivity index (χ2v) is 5.67. The number of nitrogens with zero attached hydrogens (tertiary/aromatic N) is 2. The van der Waals surface area contributed by atoms with Gasteiger partial charge in [-0.25, -0.2) is 4.98 Å². The fourth-order valence-electron chi connectivity index (χ4n) is 1.95. The number of para-hydroxylation sites is 1. The van der Waals surface area contributed by atoms with Crippen molar-refractivity contribution in [1.29, 1.82) is 0 Å². The van der Waals surface area contributed by atoms with Crippen LogP contribution in [0.3, 0.4) is 0 Å². The Hall–Kier alpha value is -2.67. The van der Waals surface area contributed by atoms with Crippen LogP contribution in [-0.4, -0.2) is 16.0 Å². The maximum Gasteiger partial charge on any atom is 0.257 e. The van der Waals surface area contributed by atoms with Crippen LogP contribution >= 0.6 is 15.9 Å². The number of aryl methyl sites for hydroxylation is 1. The molecular weight excluding hydrogens is 360 g/mol. The number of nitrogens with one attached hydrogen (secondary N) is 2. The molecule has 3 rings (SSSR count). The molecule has 2 heterocycles. The fourth-order valence-corrected chi connectivity index (χ4v) is 2.34. The van der Waals surface area contributed by atoms with Gasteiger partial charge in [-0.1, -0.05) is 17.3 Å². The summed E-state index contributed by atoms with van der Waals surface area (Å²) in [4.78, 5) is 16.5. The van der Waals surface area contributed by atoms with Crippen molar-refractivity contribution in [1.82, 2.24) is 10.1 Å². The summed E-state index contributed by atoms with van der Waals surface area (Å²) in [5.74, 6) is 1.30. The molecule has 2 aromatic heterocycles. The van der Waals surface area contributed by atoms with Crippen LogP contribution in [0.4, 0.5) is 17.3 Å². The average Bonchev–Trinajstić information content (AvgIpc) is 2.95. The molecule has 0 aliphatic carbocycles. The summed E-state index contributed by atoms with van der Waals surface area (Å²) in [5, 5.41) is 9.57. The monoisotopic (exact) mass is 372 g/mol. The Labute approximate surface area is 141 Å². The lowest BCUT2D eigenvalue weighted by molar-refractivity contribution is 0.102. The van der Waals surface area contributed by atoms with E-state index >= 15 is 0 Å². The number of pyridine rings is 1. The van der Waals surface area contributed by atoms with E-state index in [1.807, 2.05) is 24.3 Å². The van der Waals surface area contributed by atoms with Gasteiger partial charge in [0.25, 0.3) is 5.91 Å². The largest absolute Gasteiger partial charge is 0.360 e. The second kappa shape index (κ2) is 6.62. The van der Waals surface area contributed by atoms with Gasteiger partial charge in [-0.15, -0.1) is 0 Å². The standard InChI is InChI=1S/C16H13BrN4O2/c1-10-8-15(21-23-10)20-16(22)11-6-7-18-14(9-11)19-13-5-3-2-4-12(13)17/h2-9H,1H3,(H,18,19)(H,20,21,22). The number of carbonyl (C=O) groups is 1. The first-order valence-corrected chi connectivity index (χ1v) is 7.63. The predicted molar refractivity (Wildman–Crippen MR) is 90.9 cm³/mol. The van der Waals surface area contributed by atoms with Crippen molar-refractivity contribution in [2.24, 2.45) is 0 Å². The molecule has 0 bridgehead atoms. The lowest BCUT2D eigenvalue weighted by Gasteiger charge is -2.08. The highest BCUT2D eigenvalue weighted by atomic mass is 79.9. The quantitative estimate of drug-likeness (QED) is 0.719. The van der Waals surface area contributed by atoms with E-state index in [-0.39, 0.29) is 5.91 Å². The van der Waals surface area contributed by atoms with Crippen LogP contribution in [0.5, 0.6) is 0 Å². The van der Waals surface area contributed by atoms with Gasteiger partial charge in [-0.05, 0) is 47.1 Å². The molecule has 0 aliphatic heterocycles. The van der Waals surface area contributed by atoms with E-state index in [4.69, 9.17) is 4.52 Å². The number of carbonyl (C=O) groups excluding carboxylic acids is 1. The van der Waals surface area contributed by atoms with Gasteiger partial charge in [0.05, 0.1) is 5.69 Å². The van der Waals surface area contributed by atoms with E-state index < -0.39 is 0 Å². The molecule has 0 aliphatic rings. The van der Waals surface area contributed by atoms with Crippen molar-refractivity contribution in [3.8, 4) is 0 Å². The zero-order valence-corrected chi connectivity index (χ0v) is 13.8. The Bertz CT molecular complexity index is 847. The van der Waals surface area contributed by atoms with E-state index in [1.165, 1.54) is 0 Å². The summed E-state index contributed by atoms with van der Waals surface area (Å²) in [6.45, 7) is 1.76. The van der Waals surface area contributed by atoms with Gasteiger partial charge in [0.1, 0.15) is 11.6 Å².